The number of carbonyl (C=O) groups excluding carboxylic acids is 2. The monoisotopic (exact) mass is 424 g/mol. The van der Waals surface area contributed by atoms with Crippen molar-refractivity contribution in [1.29, 1.82) is 0 Å². The van der Waals surface area contributed by atoms with Gasteiger partial charge < -0.3 is 0 Å². The molecule has 2 amide bonds. The van der Waals surface area contributed by atoms with Crippen LogP contribution in [0.15, 0.2) is 22.4 Å². The number of thiocarbonyl (C=S) groups is 1. The van der Waals surface area contributed by atoms with Crippen LogP contribution in [0.4, 0.5) is 5.13 Å². The molecule has 1 aliphatic heterocycles. The van der Waals surface area contributed by atoms with E-state index in [9.17, 15) is 9.59 Å². The number of anilines is 1. The van der Waals surface area contributed by atoms with Crippen molar-refractivity contribution < 1.29 is 9.59 Å². The molecular formula is C16H16N4O2S4. The van der Waals surface area contributed by atoms with Gasteiger partial charge in [0.25, 0.3) is 5.91 Å². The van der Waals surface area contributed by atoms with Gasteiger partial charge in [-0.3, -0.25) is 19.8 Å². The number of nitrogens with one attached hydrogen (secondary N) is 1. The molecular weight excluding hydrogens is 408 g/mol. The quantitative estimate of drug-likeness (QED) is 0.564. The molecule has 3 rings (SSSR count). The summed E-state index contributed by atoms with van der Waals surface area (Å²) in [4.78, 5) is 27.6. The Morgan fingerprint density at radius 2 is 2.23 bits per heavy atom. The summed E-state index contributed by atoms with van der Waals surface area (Å²) in [5.41, 5.74) is 0. The topological polar surface area (TPSA) is 75.2 Å². The van der Waals surface area contributed by atoms with Crippen molar-refractivity contribution in [3.8, 4) is 0 Å². The molecule has 0 spiro atoms. The number of carbonyl (C=O) groups is 2. The third-order valence-corrected chi connectivity index (χ3v) is 6.35. The fourth-order valence-electron chi connectivity index (χ4n) is 2.18. The van der Waals surface area contributed by atoms with E-state index >= 15 is 0 Å². The minimum atomic E-state index is -0.342. The average molecular weight is 425 g/mol. The molecule has 0 bridgehead atoms. The number of hydrogen-bond donors (Lipinski definition) is 1. The largest absolute Gasteiger partial charge is 0.299 e. The van der Waals surface area contributed by atoms with E-state index in [-0.39, 0.29) is 18.4 Å². The van der Waals surface area contributed by atoms with E-state index in [1.54, 1.807) is 6.08 Å². The number of thiophene rings is 1. The van der Waals surface area contributed by atoms with Crippen LogP contribution in [0.25, 0.3) is 6.08 Å². The fraction of sp³-hybridized carbons (Fsp3) is 0.312. The summed E-state index contributed by atoms with van der Waals surface area (Å²) in [5, 5.41) is 14.0. The molecule has 0 saturated carbocycles. The Balaban J connectivity index is 1.61. The predicted molar refractivity (Wildman–Crippen MR) is 111 cm³/mol. The van der Waals surface area contributed by atoms with Gasteiger partial charge in [-0.05, 0) is 23.4 Å². The van der Waals surface area contributed by atoms with E-state index in [4.69, 9.17) is 12.2 Å². The van der Waals surface area contributed by atoms with Crippen LogP contribution in [0, 0.1) is 5.92 Å². The van der Waals surface area contributed by atoms with Crippen molar-refractivity contribution in [1.82, 2.24) is 15.1 Å². The Hall–Kier alpha value is -1.62. The predicted octanol–water partition coefficient (Wildman–Crippen LogP) is 3.64. The molecule has 2 aromatic heterocycles. The smallest absolute Gasteiger partial charge is 0.266 e. The van der Waals surface area contributed by atoms with Crippen LogP contribution in [0.1, 0.15) is 23.7 Å². The lowest BCUT2D eigenvalue weighted by Crippen LogP contribution is -2.36. The molecule has 0 aliphatic carbocycles. The number of hydrogen-bond acceptors (Lipinski definition) is 8. The van der Waals surface area contributed by atoms with Gasteiger partial charge in [0, 0.05) is 11.3 Å². The zero-order chi connectivity index (χ0) is 18.7. The summed E-state index contributed by atoms with van der Waals surface area (Å²) in [6.07, 6.45) is 2.61. The zero-order valence-electron chi connectivity index (χ0n) is 14.1. The van der Waals surface area contributed by atoms with Crippen molar-refractivity contribution in [3.63, 3.8) is 0 Å². The molecule has 26 heavy (non-hydrogen) atoms. The standard InChI is InChI=1S/C16H16N4O2S4/c1-9(2)6-13-18-19-15(26-13)17-12(21)8-20-14(22)11(25-16(20)23)7-10-4-3-5-24-10/h3-5,7,9H,6,8H2,1-2H3,(H,17,19,21). The van der Waals surface area contributed by atoms with E-state index in [0.717, 1.165) is 16.3 Å². The molecule has 1 N–H and O–H groups in total. The highest BCUT2D eigenvalue weighted by Crippen LogP contribution is 2.33. The van der Waals surface area contributed by atoms with Crippen LogP contribution < -0.4 is 5.32 Å². The Morgan fingerprint density at radius 1 is 1.42 bits per heavy atom. The van der Waals surface area contributed by atoms with E-state index in [2.05, 4.69) is 29.4 Å². The molecule has 0 aromatic carbocycles. The molecule has 1 fully saturated rings. The molecule has 1 aliphatic rings. The molecule has 10 heteroatoms. The zero-order valence-corrected chi connectivity index (χ0v) is 17.4. The Bertz CT molecular complexity index is 857. The van der Waals surface area contributed by atoms with E-state index in [1.165, 1.54) is 39.3 Å². The van der Waals surface area contributed by atoms with Gasteiger partial charge >= 0.3 is 0 Å². The van der Waals surface area contributed by atoms with Gasteiger partial charge in [0.05, 0.1) is 4.91 Å². The van der Waals surface area contributed by atoms with Crippen molar-refractivity contribution in [2.24, 2.45) is 5.92 Å². The van der Waals surface area contributed by atoms with Crippen molar-refractivity contribution in [3.05, 3.63) is 32.3 Å². The number of aromatic nitrogens is 2. The maximum absolute atomic E-state index is 12.5. The minimum absolute atomic E-state index is 0.133. The minimum Gasteiger partial charge on any atom is -0.299 e. The molecule has 0 unspecified atom stereocenters. The van der Waals surface area contributed by atoms with Gasteiger partial charge in [-0.15, -0.1) is 21.5 Å². The lowest BCUT2D eigenvalue weighted by atomic mass is 10.1. The number of thioether (sulfide) groups is 1. The van der Waals surface area contributed by atoms with Gasteiger partial charge in [-0.2, -0.15) is 0 Å². The lowest BCUT2D eigenvalue weighted by Gasteiger charge is -2.13. The summed E-state index contributed by atoms with van der Waals surface area (Å²) in [6, 6.07) is 3.84. The summed E-state index contributed by atoms with van der Waals surface area (Å²) < 4.78 is 0.380. The summed E-state index contributed by atoms with van der Waals surface area (Å²) in [5.74, 6) is -0.121. The maximum Gasteiger partial charge on any atom is 0.266 e. The highest BCUT2D eigenvalue weighted by Gasteiger charge is 2.33. The first kappa shape index (κ1) is 19.2. The molecule has 1 saturated heterocycles. The molecule has 2 aromatic rings. The first-order chi connectivity index (χ1) is 12.4. The highest BCUT2D eigenvalue weighted by molar-refractivity contribution is 8.26. The van der Waals surface area contributed by atoms with E-state index in [1.807, 2.05) is 17.5 Å². The van der Waals surface area contributed by atoms with E-state index in [0.29, 0.717) is 20.3 Å². The summed E-state index contributed by atoms with van der Waals surface area (Å²) >= 11 is 9.35. The lowest BCUT2D eigenvalue weighted by molar-refractivity contribution is -0.126. The van der Waals surface area contributed by atoms with Gasteiger partial charge in [-0.1, -0.05) is 55.2 Å². The molecule has 136 valence electrons. The second-order valence-electron chi connectivity index (χ2n) is 5.93. The summed E-state index contributed by atoms with van der Waals surface area (Å²) in [7, 11) is 0. The average Bonchev–Trinajstić information content (AvgIpc) is 3.27. The highest BCUT2D eigenvalue weighted by atomic mass is 32.2. The van der Waals surface area contributed by atoms with Crippen molar-refractivity contribution in [2.75, 3.05) is 11.9 Å². The SMILES string of the molecule is CC(C)Cc1nnc(NC(=O)CN2C(=O)C(=Cc3cccs3)SC2=S)s1. The second-order valence-corrected chi connectivity index (χ2v) is 9.65. The van der Waals surface area contributed by atoms with Crippen LogP contribution >= 0.6 is 46.7 Å². The number of rotatable bonds is 6. The Morgan fingerprint density at radius 3 is 2.92 bits per heavy atom. The normalized spacial score (nSPS) is 16.1. The maximum atomic E-state index is 12.5. The number of amides is 2. The third-order valence-electron chi connectivity index (χ3n) is 3.29. The molecule has 6 nitrogen and oxygen atoms in total. The first-order valence-electron chi connectivity index (χ1n) is 7.83. The van der Waals surface area contributed by atoms with E-state index < -0.39 is 0 Å². The van der Waals surface area contributed by atoms with Gasteiger partial charge in [-0.25, -0.2) is 0 Å². The summed E-state index contributed by atoms with van der Waals surface area (Å²) in [6.45, 7) is 4.06. The third kappa shape index (κ3) is 4.76. The van der Waals surface area contributed by atoms with Crippen LogP contribution in [-0.4, -0.2) is 37.8 Å². The molecule has 0 radical (unpaired) electrons. The van der Waals surface area contributed by atoms with Crippen LogP contribution in [0.2, 0.25) is 0 Å². The fourth-order valence-corrected chi connectivity index (χ4v) is 5.12. The van der Waals surface area contributed by atoms with Gasteiger partial charge in [0.15, 0.2) is 0 Å². The van der Waals surface area contributed by atoms with Gasteiger partial charge in [0.2, 0.25) is 11.0 Å². The van der Waals surface area contributed by atoms with Gasteiger partial charge in [0.1, 0.15) is 15.9 Å². The number of nitrogens with zero attached hydrogens (tertiary/aromatic N) is 3. The van der Waals surface area contributed by atoms with Crippen molar-refractivity contribution >= 4 is 74.0 Å². The van der Waals surface area contributed by atoms with Crippen LogP contribution in [0.3, 0.4) is 0 Å². The van der Waals surface area contributed by atoms with Crippen molar-refractivity contribution in [2.45, 2.75) is 20.3 Å². The first-order valence-corrected chi connectivity index (χ1v) is 10.8. The molecule has 3 heterocycles. The Kier molecular flexibility index (Phi) is 6.17. The Labute approximate surface area is 168 Å². The van der Waals surface area contributed by atoms with Crippen LogP contribution in [0.5, 0.6) is 0 Å². The second kappa shape index (κ2) is 8.38. The van der Waals surface area contributed by atoms with Crippen LogP contribution in [-0.2, 0) is 16.0 Å². The molecule has 0 atom stereocenters.